The zero-order chi connectivity index (χ0) is 22.1. The van der Waals surface area contributed by atoms with Crippen molar-refractivity contribution in [2.75, 3.05) is 25.6 Å². The minimum atomic E-state index is -0.178. The largest absolute Gasteiger partial charge is 0.396 e. The molecule has 3 aromatic rings. The highest BCUT2D eigenvalue weighted by molar-refractivity contribution is 7.26. The molecule has 1 aliphatic rings. The highest BCUT2D eigenvalue weighted by Crippen LogP contribution is 2.37. The molecular formula is C21H28FN4O4P. The third-order valence-electron chi connectivity index (χ3n) is 4.79. The number of nitrogens with zero attached hydrogens (tertiary/aromatic N) is 3. The first-order valence-electron chi connectivity index (χ1n) is 10.1. The summed E-state index contributed by atoms with van der Waals surface area (Å²) in [5, 5.41) is 9.52. The molecule has 0 bridgehead atoms. The molecule has 0 saturated carbocycles. The van der Waals surface area contributed by atoms with E-state index in [4.69, 9.17) is 24.6 Å². The standard InChI is InChI=1S/C15H23N4O4P.C6H5F/c1-10-7-11(8-22-24-21-6-2-5-20)23-15(10)19-4-3-12-13(16)17-9-18-14(12)19;7-6-4-2-1-3-5-6/h3-4,9-11,15,20,24H,2,5-8H2,1H3,(H2,16,17,18);1-5H. The fourth-order valence-electron chi connectivity index (χ4n) is 3.32. The molecule has 1 saturated heterocycles. The van der Waals surface area contributed by atoms with Gasteiger partial charge in [0.05, 0.1) is 24.7 Å². The van der Waals surface area contributed by atoms with Gasteiger partial charge in [-0.05, 0) is 31.0 Å². The van der Waals surface area contributed by atoms with E-state index in [0.717, 1.165) is 17.5 Å². The van der Waals surface area contributed by atoms with Crippen LogP contribution in [0.15, 0.2) is 48.9 Å². The van der Waals surface area contributed by atoms with Gasteiger partial charge in [0, 0.05) is 18.7 Å². The fourth-order valence-corrected chi connectivity index (χ4v) is 3.89. The van der Waals surface area contributed by atoms with Crippen molar-refractivity contribution in [3.05, 3.63) is 54.7 Å². The Labute approximate surface area is 182 Å². The Morgan fingerprint density at radius 1 is 1.26 bits per heavy atom. The summed E-state index contributed by atoms with van der Waals surface area (Å²) in [4.78, 5) is 8.35. The van der Waals surface area contributed by atoms with Gasteiger partial charge in [-0.2, -0.15) is 0 Å². The normalized spacial score (nSPS) is 20.9. The number of benzene rings is 1. The monoisotopic (exact) mass is 450 g/mol. The average Bonchev–Trinajstić information content (AvgIpc) is 3.35. The Balaban J connectivity index is 0.000000330. The number of hydrogen-bond donors (Lipinski definition) is 2. The van der Waals surface area contributed by atoms with Crippen molar-refractivity contribution in [2.45, 2.75) is 32.1 Å². The molecule has 10 heteroatoms. The summed E-state index contributed by atoms with van der Waals surface area (Å²) >= 11 is 0. The van der Waals surface area contributed by atoms with Gasteiger partial charge in [0.15, 0.2) is 9.03 Å². The molecule has 4 rings (SSSR count). The quantitative estimate of drug-likeness (QED) is 0.398. The number of rotatable bonds is 8. The highest BCUT2D eigenvalue weighted by Gasteiger charge is 2.34. The van der Waals surface area contributed by atoms with Crippen molar-refractivity contribution in [1.82, 2.24) is 14.5 Å². The van der Waals surface area contributed by atoms with Crippen LogP contribution in [0.2, 0.25) is 0 Å². The maximum atomic E-state index is 11.9. The molecule has 2 aromatic heterocycles. The Hall–Kier alpha value is -2.16. The van der Waals surface area contributed by atoms with Gasteiger partial charge in [-0.1, -0.05) is 25.1 Å². The van der Waals surface area contributed by atoms with Crippen LogP contribution in [0.5, 0.6) is 0 Å². The lowest BCUT2D eigenvalue weighted by atomic mass is 10.1. The first-order valence-corrected chi connectivity index (χ1v) is 10.9. The number of halogens is 1. The number of aliphatic hydroxyl groups excluding tert-OH is 1. The van der Waals surface area contributed by atoms with E-state index >= 15 is 0 Å². The first-order chi connectivity index (χ1) is 15.1. The van der Waals surface area contributed by atoms with Crippen molar-refractivity contribution in [2.24, 2.45) is 5.92 Å². The zero-order valence-corrected chi connectivity index (χ0v) is 18.4. The molecule has 1 fully saturated rings. The van der Waals surface area contributed by atoms with Crippen LogP contribution in [0.4, 0.5) is 10.2 Å². The van der Waals surface area contributed by atoms with Gasteiger partial charge in [0.1, 0.15) is 29.8 Å². The molecule has 3 heterocycles. The van der Waals surface area contributed by atoms with Gasteiger partial charge in [-0.15, -0.1) is 0 Å². The zero-order valence-electron chi connectivity index (χ0n) is 17.4. The van der Waals surface area contributed by atoms with E-state index in [0.29, 0.717) is 31.4 Å². The van der Waals surface area contributed by atoms with Gasteiger partial charge >= 0.3 is 0 Å². The number of fused-ring (bicyclic) bond motifs is 1. The Morgan fingerprint density at radius 2 is 2.06 bits per heavy atom. The smallest absolute Gasteiger partial charge is 0.155 e. The molecule has 0 radical (unpaired) electrons. The number of aliphatic hydroxyl groups is 1. The van der Waals surface area contributed by atoms with Gasteiger partial charge in [-0.25, -0.2) is 14.4 Å². The number of aromatic nitrogens is 3. The summed E-state index contributed by atoms with van der Waals surface area (Å²) in [7, 11) is -0.0266. The molecule has 0 aliphatic carbocycles. The van der Waals surface area contributed by atoms with E-state index in [1.54, 1.807) is 18.2 Å². The number of nitrogens with two attached hydrogens (primary N) is 1. The molecular weight excluding hydrogens is 422 g/mol. The van der Waals surface area contributed by atoms with Crippen molar-refractivity contribution in [3.63, 3.8) is 0 Å². The second-order valence-corrected chi connectivity index (χ2v) is 7.94. The maximum Gasteiger partial charge on any atom is 0.155 e. The number of hydrogen-bond acceptors (Lipinski definition) is 7. The van der Waals surface area contributed by atoms with Crippen molar-refractivity contribution < 1.29 is 23.3 Å². The topological polar surface area (TPSA) is 105 Å². The summed E-state index contributed by atoms with van der Waals surface area (Å²) in [5.41, 5.74) is 6.68. The van der Waals surface area contributed by atoms with Crippen LogP contribution in [0.3, 0.4) is 0 Å². The fraction of sp³-hybridized carbons (Fsp3) is 0.429. The number of ether oxygens (including phenoxy) is 1. The first kappa shape index (κ1) is 23.5. The predicted molar refractivity (Wildman–Crippen MR) is 118 cm³/mol. The molecule has 3 N–H and O–H groups in total. The molecule has 1 aliphatic heterocycles. The average molecular weight is 450 g/mol. The van der Waals surface area contributed by atoms with E-state index in [1.165, 1.54) is 18.5 Å². The van der Waals surface area contributed by atoms with Gasteiger partial charge in [0.2, 0.25) is 0 Å². The molecule has 8 nitrogen and oxygen atoms in total. The summed E-state index contributed by atoms with van der Waals surface area (Å²) in [6.45, 7) is 3.29. The van der Waals surface area contributed by atoms with E-state index in [2.05, 4.69) is 16.9 Å². The van der Waals surface area contributed by atoms with Crippen LogP contribution in [-0.2, 0) is 13.8 Å². The lowest BCUT2D eigenvalue weighted by Gasteiger charge is -2.18. The Bertz CT molecular complexity index is 930. The summed E-state index contributed by atoms with van der Waals surface area (Å²) in [6, 6.07) is 9.86. The second kappa shape index (κ2) is 12.0. The van der Waals surface area contributed by atoms with E-state index < -0.39 is 0 Å². The molecule has 4 atom stereocenters. The molecule has 1 aromatic carbocycles. The van der Waals surface area contributed by atoms with Crippen molar-refractivity contribution in [1.29, 1.82) is 0 Å². The molecule has 4 unspecified atom stereocenters. The second-order valence-electron chi connectivity index (χ2n) is 7.20. The molecule has 0 spiro atoms. The lowest BCUT2D eigenvalue weighted by Crippen LogP contribution is -2.16. The number of anilines is 1. The third-order valence-corrected chi connectivity index (χ3v) is 5.40. The van der Waals surface area contributed by atoms with E-state index in [-0.39, 0.29) is 33.8 Å². The minimum absolute atomic E-state index is 0.0237. The lowest BCUT2D eigenvalue weighted by molar-refractivity contribution is -0.0244. The van der Waals surface area contributed by atoms with E-state index in [1.807, 2.05) is 16.8 Å². The van der Waals surface area contributed by atoms with Crippen molar-refractivity contribution in [3.8, 4) is 0 Å². The highest BCUT2D eigenvalue weighted by atomic mass is 31.1. The van der Waals surface area contributed by atoms with Crippen LogP contribution < -0.4 is 5.73 Å². The summed E-state index contributed by atoms with van der Waals surface area (Å²) in [5.74, 6) is 0.636. The van der Waals surface area contributed by atoms with Crippen LogP contribution in [0.25, 0.3) is 11.0 Å². The van der Waals surface area contributed by atoms with Crippen LogP contribution in [0.1, 0.15) is 26.0 Å². The summed E-state index contributed by atoms with van der Waals surface area (Å²) < 4.78 is 30.9. The third kappa shape index (κ3) is 6.66. The van der Waals surface area contributed by atoms with Gasteiger partial charge in [-0.3, -0.25) is 0 Å². The minimum Gasteiger partial charge on any atom is -0.396 e. The molecule has 0 amide bonds. The SMILES string of the molecule is CC1CC(COPOCCCO)OC1n1ccc2c(N)ncnc21.Fc1ccccc1. The van der Waals surface area contributed by atoms with Crippen molar-refractivity contribution >= 4 is 25.9 Å². The predicted octanol–water partition coefficient (Wildman–Crippen LogP) is 3.69. The molecule has 31 heavy (non-hydrogen) atoms. The van der Waals surface area contributed by atoms with E-state index in [9.17, 15) is 4.39 Å². The molecule has 168 valence electrons. The maximum absolute atomic E-state index is 11.9. The Morgan fingerprint density at radius 3 is 2.77 bits per heavy atom. The number of nitrogen functional groups attached to an aromatic ring is 1. The van der Waals surface area contributed by atoms with Gasteiger partial charge < -0.3 is 29.2 Å². The van der Waals surface area contributed by atoms with Gasteiger partial charge in [0.25, 0.3) is 0 Å². The van der Waals surface area contributed by atoms with Crippen LogP contribution in [-0.4, -0.2) is 45.6 Å². The summed E-state index contributed by atoms with van der Waals surface area (Å²) in [6.07, 6.45) is 4.88. The Kier molecular flexibility index (Phi) is 9.12. The van der Waals surface area contributed by atoms with Crippen LogP contribution in [0, 0.1) is 11.7 Å². The van der Waals surface area contributed by atoms with Crippen LogP contribution >= 0.6 is 9.03 Å².